The average Bonchev–Trinajstić information content (AvgIpc) is 2.37. The van der Waals surface area contributed by atoms with Crippen molar-refractivity contribution in [3.8, 4) is 5.75 Å². The Morgan fingerprint density at radius 2 is 2.28 bits per heavy atom. The standard InChI is InChI=1S/C13H16N2O3/c1-3-4-5-13(17)15-11-8-10(14-9-16)6-7-12(11)18-2/h6-8H,3-5H2,1-2H3,(H,15,17). The third kappa shape index (κ3) is 4.03. The molecule has 5 nitrogen and oxygen atoms in total. The lowest BCUT2D eigenvalue weighted by atomic mass is 10.2. The topological polar surface area (TPSA) is 67.8 Å². The normalized spacial score (nSPS) is 9.44. The zero-order chi connectivity index (χ0) is 13.4. The van der Waals surface area contributed by atoms with Crippen molar-refractivity contribution in [2.24, 2.45) is 4.99 Å². The number of carbonyl (C=O) groups excluding carboxylic acids is 2. The Hall–Kier alpha value is -2.13. The lowest BCUT2D eigenvalue weighted by Crippen LogP contribution is -2.11. The number of aliphatic imine (C=N–C) groups is 1. The lowest BCUT2D eigenvalue weighted by Gasteiger charge is -2.10. The van der Waals surface area contributed by atoms with Gasteiger partial charge in [-0.25, -0.2) is 4.79 Å². The summed E-state index contributed by atoms with van der Waals surface area (Å²) in [4.78, 5) is 25.3. The van der Waals surface area contributed by atoms with Gasteiger partial charge in [0.25, 0.3) is 0 Å². The Balaban J connectivity index is 2.87. The number of hydrogen-bond acceptors (Lipinski definition) is 4. The van der Waals surface area contributed by atoms with Crippen LogP contribution in [0, 0.1) is 0 Å². The van der Waals surface area contributed by atoms with Crippen LogP contribution in [0.4, 0.5) is 11.4 Å². The molecule has 0 aliphatic heterocycles. The number of rotatable bonds is 6. The van der Waals surface area contributed by atoms with Crippen molar-refractivity contribution in [2.45, 2.75) is 26.2 Å². The molecule has 1 aromatic rings. The molecule has 1 rings (SSSR count). The zero-order valence-electron chi connectivity index (χ0n) is 10.5. The molecule has 0 saturated carbocycles. The van der Waals surface area contributed by atoms with Crippen LogP contribution in [0.25, 0.3) is 0 Å². The van der Waals surface area contributed by atoms with E-state index in [4.69, 9.17) is 4.74 Å². The zero-order valence-corrected chi connectivity index (χ0v) is 10.5. The summed E-state index contributed by atoms with van der Waals surface area (Å²) in [6, 6.07) is 4.84. The van der Waals surface area contributed by atoms with Crippen LogP contribution in [0.5, 0.6) is 5.75 Å². The number of ether oxygens (including phenoxy) is 1. The predicted molar refractivity (Wildman–Crippen MR) is 68.9 cm³/mol. The molecule has 18 heavy (non-hydrogen) atoms. The number of benzene rings is 1. The van der Waals surface area contributed by atoms with E-state index in [1.54, 1.807) is 18.2 Å². The number of anilines is 1. The van der Waals surface area contributed by atoms with Crippen LogP contribution in [0.1, 0.15) is 26.2 Å². The molecule has 0 atom stereocenters. The molecule has 0 aromatic heterocycles. The van der Waals surface area contributed by atoms with Gasteiger partial charge >= 0.3 is 0 Å². The van der Waals surface area contributed by atoms with E-state index in [1.165, 1.54) is 13.2 Å². The SMILES string of the molecule is CCCCC(=O)Nc1cc(N=C=O)ccc1OC. The monoisotopic (exact) mass is 248 g/mol. The number of hydrogen-bond donors (Lipinski definition) is 1. The molecule has 5 heteroatoms. The number of amides is 1. The minimum atomic E-state index is -0.0811. The summed E-state index contributed by atoms with van der Waals surface area (Å²) in [5.41, 5.74) is 0.937. The summed E-state index contributed by atoms with van der Waals surface area (Å²) in [5, 5.41) is 2.74. The van der Waals surface area contributed by atoms with Gasteiger partial charge in [-0.3, -0.25) is 4.79 Å². The Morgan fingerprint density at radius 3 is 2.89 bits per heavy atom. The molecule has 0 aliphatic rings. The van der Waals surface area contributed by atoms with Crippen molar-refractivity contribution in [2.75, 3.05) is 12.4 Å². The largest absolute Gasteiger partial charge is 0.495 e. The van der Waals surface area contributed by atoms with Gasteiger partial charge in [-0.05, 0) is 24.6 Å². The fraction of sp³-hybridized carbons (Fsp3) is 0.385. The molecule has 1 amide bonds. The van der Waals surface area contributed by atoms with E-state index in [2.05, 4.69) is 10.3 Å². The van der Waals surface area contributed by atoms with Gasteiger partial charge in [0, 0.05) is 6.42 Å². The van der Waals surface area contributed by atoms with Crippen LogP contribution in [-0.2, 0) is 9.59 Å². The first kappa shape index (κ1) is 13.9. The third-order valence-corrected chi connectivity index (χ3v) is 2.39. The van der Waals surface area contributed by atoms with Crippen LogP contribution < -0.4 is 10.1 Å². The van der Waals surface area contributed by atoms with Crippen molar-refractivity contribution >= 4 is 23.4 Å². The minimum absolute atomic E-state index is 0.0811. The van der Waals surface area contributed by atoms with Gasteiger partial charge in [0.15, 0.2) is 0 Å². The smallest absolute Gasteiger partial charge is 0.240 e. The average molecular weight is 248 g/mol. The third-order valence-electron chi connectivity index (χ3n) is 2.39. The number of methoxy groups -OCH3 is 1. The molecule has 0 heterocycles. The highest BCUT2D eigenvalue weighted by Gasteiger charge is 2.08. The second-order valence-corrected chi connectivity index (χ2v) is 3.74. The second-order valence-electron chi connectivity index (χ2n) is 3.74. The van der Waals surface area contributed by atoms with Crippen LogP contribution in [-0.4, -0.2) is 19.1 Å². The van der Waals surface area contributed by atoms with E-state index >= 15 is 0 Å². The molecular weight excluding hydrogens is 232 g/mol. The fourth-order valence-corrected chi connectivity index (χ4v) is 1.47. The molecule has 1 N–H and O–H groups in total. The first-order chi connectivity index (χ1) is 8.71. The molecule has 0 saturated heterocycles. The molecule has 0 spiro atoms. The van der Waals surface area contributed by atoms with E-state index < -0.39 is 0 Å². The molecular formula is C13H16N2O3. The Kier molecular flexibility index (Phi) is 5.61. The second kappa shape index (κ2) is 7.25. The summed E-state index contributed by atoms with van der Waals surface area (Å²) >= 11 is 0. The summed E-state index contributed by atoms with van der Waals surface area (Å²) in [5.74, 6) is 0.451. The summed E-state index contributed by atoms with van der Waals surface area (Å²) in [7, 11) is 1.51. The molecule has 0 bridgehead atoms. The summed E-state index contributed by atoms with van der Waals surface area (Å²) < 4.78 is 5.13. The maximum Gasteiger partial charge on any atom is 0.240 e. The highest BCUT2D eigenvalue weighted by Crippen LogP contribution is 2.29. The number of unbranched alkanes of at least 4 members (excludes halogenated alkanes) is 1. The number of carbonyl (C=O) groups is 1. The van der Waals surface area contributed by atoms with Crippen molar-refractivity contribution in [3.05, 3.63) is 18.2 Å². The van der Waals surface area contributed by atoms with E-state index in [1.807, 2.05) is 6.92 Å². The maximum atomic E-state index is 11.6. The van der Waals surface area contributed by atoms with Crippen LogP contribution in [0.3, 0.4) is 0 Å². The van der Waals surface area contributed by atoms with Gasteiger partial charge in [-0.2, -0.15) is 4.99 Å². The van der Waals surface area contributed by atoms with Gasteiger partial charge in [-0.15, -0.1) is 0 Å². The van der Waals surface area contributed by atoms with E-state index in [-0.39, 0.29) is 5.91 Å². The Bertz CT molecular complexity index is 465. The van der Waals surface area contributed by atoms with E-state index in [0.29, 0.717) is 23.5 Å². The first-order valence-electron chi connectivity index (χ1n) is 5.77. The molecule has 1 aromatic carbocycles. The number of nitrogens with zero attached hydrogens (tertiary/aromatic N) is 1. The number of nitrogens with one attached hydrogen (secondary N) is 1. The van der Waals surface area contributed by atoms with Crippen molar-refractivity contribution < 1.29 is 14.3 Å². The van der Waals surface area contributed by atoms with Crippen LogP contribution in [0.15, 0.2) is 23.2 Å². The van der Waals surface area contributed by atoms with Crippen LogP contribution in [0.2, 0.25) is 0 Å². The van der Waals surface area contributed by atoms with Crippen molar-refractivity contribution in [1.82, 2.24) is 0 Å². The maximum absolute atomic E-state index is 11.6. The van der Waals surface area contributed by atoms with Crippen molar-refractivity contribution in [1.29, 1.82) is 0 Å². The van der Waals surface area contributed by atoms with Gasteiger partial charge in [0.1, 0.15) is 5.75 Å². The van der Waals surface area contributed by atoms with Gasteiger partial charge < -0.3 is 10.1 Å². The van der Waals surface area contributed by atoms with Gasteiger partial charge in [0.05, 0.1) is 18.5 Å². The quantitative estimate of drug-likeness (QED) is 0.621. The van der Waals surface area contributed by atoms with E-state index in [9.17, 15) is 9.59 Å². The highest BCUT2D eigenvalue weighted by molar-refractivity contribution is 5.92. The molecule has 96 valence electrons. The molecule has 0 fully saturated rings. The van der Waals surface area contributed by atoms with Gasteiger partial charge in [-0.1, -0.05) is 13.3 Å². The van der Waals surface area contributed by atoms with Gasteiger partial charge in [0.2, 0.25) is 12.0 Å². The summed E-state index contributed by atoms with van der Waals surface area (Å²) in [6.07, 6.45) is 3.71. The number of isocyanates is 1. The molecule has 0 aliphatic carbocycles. The lowest BCUT2D eigenvalue weighted by molar-refractivity contribution is -0.116. The molecule has 0 unspecified atom stereocenters. The fourth-order valence-electron chi connectivity index (χ4n) is 1.47. The Labute approximate surface area is 106 Å². The Morgan fingerprint density at radius 1 is 1.50 bits per heavy atom. The first-order valence-corrected chi connectivity index (χ1v) is 5.77. The molecule has 0 radical (unpaired) electrons. The van der Waals surface area contributed by atoms with E-state index in [0.717, 1.165) is 12.8 Å². The highest BCUT2D eigenvalue weighted by atomic mass is 16.5. The minimum Gasteiger partial charge on any atom is -0.495 e. The predicted octanol–water partition coefficient (Wildman–Crippen LogP) is 2.79. The van der Waals surface area contributed by atoms with Crippen LogP contribution >= 0.6 is 0 Å². The summed E-state index contributed by atoms with van der Waals surface area (Å²) in [6.45, 7) is 2.02. The van der Waals surface area contributed by atoms with Crippen molar-refractivity contribution in [3.63, 3.8) is 0 Å².